The van der Waals surface area contributed by atoms with Crippen LogP contribution in [-0.2, 0) is 6.42 Å². The molecule has 0 aromatic heterocycles. The fraction of sp³-hybridized carbons (Fsp3) is 0.455. The first-order chi connectivity index (χ1) is 6.86. The van der Waals surface area contributed by atoms with E-state index >= 15 is 0 Å². The van der Waals surface area contributed by atoms with Crippen LogP contribution < -0.4 is 10.6 Å². The lowest BCUT2D eigenvalue weighted by Gasteiger charge is -2.24. The lowest BCUT2D eigenvalue weighted by Crippen LogP contribution is -2.49. The molecule has 2 rings (SSSR count). The number of benzene rings is 1. The molecule has 14 heavy (non-hydrogen) atoms. The van der Waals surface area contributed by atoms with E-state index in [4.69, 9.17) is 11.6 Å². The van der Waals surface area contributed by atoms with Crippen LogP contribution in [0.4, 0.5) is 0 Å². The van der Waals surface area contributed by atoms with Gasteiger partial charge in [0.2, 0.25) is 0 Å². The van der Waals surface area contributed by atoms with E-state index in [0.29, 0.717) is 6.04 Å². The molecule has 1 aromatic carbocycles. The van der Waals surface area contributed by atoms with Gasteiger partial charge in [0, 0.05) is 30.7 Å². The first-order valence-electron chi connectivity index (χ1n) is 5.04. The van der Waals surface area contributed by atoms with Gasteiger partial charge < -0.3 is 10.6 Å². The molecule has 0 saturated carbocycles. The molecule has 0 radical (unpaired) electrons. The van der Waals surface area contributed by atoms with Crippen LogP contribution in [-0.4, -0.2) is 25.7 Å². The maximum absolute atomic E-state index is 6.10. The zero-order chi connectivity index (χ0) is 9.80. The molecule has 1 aliphatic rings. The highest BCUT2D eigenvalue weighted by atomic mass is 35.5. The number of hydrogen-bond acceptors (Lipinski definition) is 2. The van der Waals surface area contributed by atoms with Crippen molar-refractivity contribution in [1.82, 2.24) is 10.6 Å². The maximum atomic E-state index is 6.10. The average molecular weight is 211 g/mol. The highest BCUT2D eigenvalue weighted by Crippen LogP contribution is 2.16. The quantitative estimate of drug-likeness (QED) is 0.772. The molecule has 1 aromatic rings. The van der Waals surface area contributed by atoms with Gasteiger partial charge in [-0.05, 0) is 18.1 Å². The minimum Gasteiger partial charge on any atom is -0.314 e. The first-order valence-corrected chi connectivity index (χ1v) is 5.41. The second-order valence-corrected chi connectivity index (χ2v) is 4.06. The first kappa shape index (κ1) is 9.97. The van der Waals surface area contributed by atoms with E-state index in [1.165, 1.54) is 5.56 Å². The number of nitrogens with one attached hydrogen (secondary N) is 2. The molecule has 1 aliphatic heterocycles. The van der Waals surface area contributed by atoms with Crippen molar-refractivity contribution in [2.45, 2.75) is 12.5 Å². The van der Waals surface area contributed by atoms with Crippen molar-refractivity contribution in [1.29, 1.82) is 0 Å². The third-order valence-corrected chi connectivity index (χ3v) is 2.92. The van der Waals surface area contributed by atoms with Gasteiger partial charge in [0.05, 0.1) is 0 Å². The van der Waals surface area contributed by atoms with Crippen LogP contribution in [0.2, 0.25) is 5.02 Å². The van der Waals surface area contributed by atoms with Crippen LogP contribution in [0.3, 0.4) is 0 Å². The van der Waals surface area contributed by atoms with Crippen molar-refractivity contribution < 1.29 is 0 Å². The van der Waals surface area contributed by atoms with Crippen LogP contribution in [0.15, 0.2) is 24.3 Å². The van der Waals surface area contributed by atoms with E-state index in [-0.39, 0.29) is 0 Å². The summed E-state index contributed by atoms with van der Waals surface area (Å²) in [4.78, 5) is 0. The van der Waals surface area contributed by atoms with Crippen molar-refractivity contribution in [2.24, 2.45) is 0 Å². The maximum Gasteiger partial charge on any atom is 0.0438 e. The van der Waals surface area contributed by atoms with E-state index in [9.17, 15) is 0 Å². The van der Waals surface area contributed by atoms with E-state index < -0.39 is 0 Å². The standard InChI is InChI=1S/C11H15ClN2/c12-11-4-2-1-3-9(11)7-10-8-13-5-6-14-10/h1-4,10,13-14H,5-8H2/t10-/m0/s1. The van der Waals surface area contributed by atoms with E-state index in [1.54, 1.807) is 0 Å². The van der Waals surface area contributed by atoms with Crippen LogP contribution >= 0.6 is 11.6 Å². The van der Waals surface area contributed by atoms with Gasteiger partial charge in [0.1, 0.15) is 0 Å². The van der Waals surface area contributed by atoms with Crippen molar-refractivity contribution in [3.05, 3.63) is 34.9 Å². The van der Waals surface area contributed by atoms with Crippen LogP contribution in [0.1, 0.15) is 5.56 Å². The fourth-order valence-corrected chi connectivity index (χ4v) is 2.00. The predicted octanol–water partition coefficient (Wildman–Crippen LogP) is 1.44. The largest absolute Gasteiger partial charge is 0.314 e. The van der Waals surface area contributed by atoms with Crippen molar-refractivity contribution in [3.8, 4) is 0 Å². The van der Waals surface area contributed by atoms with E-state index in [1.807, 2.05) is 18.2 Å². The summed E-state index contributed by atoms with van der Waals surface area (Å²) in [6, 6.07) is 8.57. The highest BCUT2D eigenvalue weighted by molar-refractivity contribution is 6.31. The Labute approximate surface area is 89.7 Å². The Morgan fingerprint density at radius 3 is 2.86 bits per heavy atom. The van der Waals surface area contributed by atoms with Gasteiger partial charge in [-0.1, -0.05) is 29.8 Å². The second kappa shape index (κ2) is 4.78. The molecule has 1 fully saturated rings. The third-order valence-electron chi connectivity index (χ3n) is 2.55. The van der Waals surface area contributed by atoms with E-state index in [0.717, 1.165) is 31.1 Å². The minimum atomic E-state index is 0.517. The average Bonchev–Trinajstić information content (AvgIpc) is 2.23. The fourth-order valence-electron chi connectivity index (χ4n) is 1.79. The molecule has 0 aliphatic carbocycles. The SMILES string of the molecule is Clc1ccccc1C[C@H]1CNCCN1. The van der Waals surface area contributed by atoms with Crippen molar-refractivity contribution in [3.63, 3.8) is 0 Å². The van der Waals surface area contributed by atoms with Crippen LogP contribution in [0.25, 0.3) is 0 Å². The number of rotatable bonds is 2. The Kier molecular flexibility index (Phi) is 3.40. The summed E-state index contributed by atoms with van der Waals surface area (Å²) in [5.74, 6) is 0. The predicted molar refractivity (Wildman–Crippen MR) is 59.8 cm³/mol. The number of hydrogen-bond donors (Lipinski definition) is 2. The van der Waals surface area contributed by atoms with Gasteiger partial charge in [-0.15, -0.1) is 0 Å². The normalized spacial score (nSPS) is 22.2. The molecule has 1 saturated heterocycles. The van der Waals surface area contributed by atoms with Crippen LogP contribution in [0.5, 0.6) is 0 Å². The zero-order valence-electron chi connectivity index (χ0n) is 8.09. The molecule has 0 amide bonds. The molecule has 0 bridgehead atoms. The summed E-state index contributed by atoms with van der Waals surface area (Å²) in [5.41, 5.74) is 1.23. The Bertz CT molecular complexity index is 295. The Morgan fingerprint density at radius 2 is 2.14 bits per heavy atom. The molecular weight excluding hydrogens is 196 g/mol. The lowest BCUT2D eigenvalue weighted by molar-refractivity contribution is 0.417. The lowest BCUT2D eigenvalue weighted by atomic mass is 10.0. The topological polar surface area (TPSA) is 24.1 Å². The zero-order valence-corrected chi connectivity index (χ0v) is 8.85. The van der Waals surface area contributed by atoms with Gasteiger partial charge >= 0.3 is 0 Å². The van der Waals surface area contributed by atoms with E-state index in [2.05, 4.69) is 16.7 Å². The Morgan fingerprint density at radius 1 is 1.29 bits per heavy atom. The molecule has 0 spiro atoms. The van der Waals surface area contributed by atoms with Gasteiger partial charge in [0.25, 0.3) is 0 Å². The van der Waals surface area contributed by atoms with Gasteiger partial charge in [-0.3, -0.25) is 0 Å². The Balaban J connectivity index is 1.99. The summed E-state index contributed by atoms with van der Waals surface area (Å²) < 4.78 is 0. The Hall–Kier alpha value is -0.570. The molecule has 2 N–H and O–H groups in total. The number of halogens is 1. The summed E-state index contributed by atoms with van der Waals surface area (Å²) in [6.07, 6.45) is 1.01. The summed E-state index contributed by atoms with van der Waals surface area (Å²) in [5, 5.41) is 7.72. The molecular formula is C11H15ClN2. The van der Waals surface area contributed by atoms with Crippen LogP contribution in [0, 0.1) is 0 Å². The minimum absolute atomic E-state index is 0.517. The second-order valence-electron chi connectivity index (χ2n) is 3.65. The smallest absolute Gasteiger partial charge is 0.0438 e. The monoisotopic (exact) mass is 210 g/mol. The molecule has 1 atom stereocenters. The summed E-state index contributed by atoms with van der Waals surface area (Å²) in [6.45, 7) is 3.15. The van der Waals surface area contributed by atoms with Gasteiger partial charge in [0.15, 0.2) is 0 Å². The highest BCUT2D eigenvalue weighted by Gasteiger charge is 2.13. The number of piperazine rings is 1. The molecule has 3 heteroatoms. The summed E-state index contributed by atoms with van der Waals surface area (Å²) >= 11 is 6.10. The molecule has 1 heterocycles. The van der Waals surface area contributed by atoms with Crippen molar-refractivity contribution >= 4 is 11.6 Å². The van der Waals surface area contributed by atoms with Crippen molar-refractivity contribution in [2.75, 3.05) is 19.6 Å². The third kappa shape index (κ3) is 2.47. The molecule has 0 unspecified atom stereocenters. The summed E-state index contributed by atoms with van der Waals surface area (Å²) in [7, 11) is 0. The molecule has 76 valence electrons. The molecule has 2 nitrogen and oxygen atoms in total. The van der Waals surface area contributed by atoms with Gasteiger partial charge in [-0.2, -0.15) is 0 Å². The van der Waals surface area contributed by atoms with Gasteiger partial charge in [-0.25, -0.2) is 0 Å².